The number of benzene rings is 1. The molecule has 1 atom stereocenters. The molecule has 1 amide bonds. The molecule has 1 aromatic rings. The number of rotatable bonds is 9. The van der Waals surface area contributed by atoms with Crippen molar-refractivity contribution in [3.8, 4) is 0 Å². The van der Waals surface area contributed by atoms with E-state index in [-0.39, 0.29) is 35.9 Å². The van der Waals surface area contributed by atoms with Gasteiger partial charge >= 0.3 is 0 Å². The Balaban J connectivity index is 0.00000625. The molecule has 0 aliphatic rings. The third-order valence-electron chi connectivity index (χ3n) is 4.60. The maximum atomic E-state index is 12.1. The zero-order valence-electron chi connectivity index (χ0n) is 16.8. The van der Waals surface area contributed by atoms with Crippen molar-refractivity contribution in [2.24, 2.45) is 10.9 Å². The molecule has 1 unspecified atom stereocenters. The normalized spacial score (nSPS) is 12.3. The molecule has 26 heavy (non-hydrogen) atoms. The fourth-order valence-electron chi connectivity index (χ4n) is 2.41. The van der Waals surface area contributed by atoms with Gasteiger partial charge in [0.25, 0.3) is 5.91 Å². The Bertz CT molecular complexity index is 541. The third-order valence-corrected chi connectivity index (χ3v) is 4.60. The summed E-state index contributed by atoms with van der Waals surface area (Å²) in [7, 11) is 1.78. The van der Waals surface area contributed by atoms with Gasteiger partial charge in [-0.2, -0.15) is 0 Å². The van der Waals surface area contributed by atoms with Crippen molar-refractivity contribution in [1.29, 1.82) is 0 Å². The van der Waals surface area contributed by atoms with Gasteiger partial charge < -0.3 is 16.0 Å². The van der Waals surface area contributed by atoms with Crippen LogP contribution in [-0.4, -0.2) is 31.5 Å². The van der Waals surface area contributed by atoms with E-state index in [2.05, 4.69) is 41.7 Å². The molecule has 0 bridgehead atoms. The van der Waals surface area contributed by atoms with Gasteiger partial charge in [-0.05, 0) is 37.0 Å². The lowest BCUT2D eigenvalue weighted by Crippen LogP contribution is -2.39. The third kappa shape index (κ3) is 8.87. The quantitative estimate of drug-likeness (QED) is 0.289. The number of halogens is 1. The zero-order chi connectivity index (χ0) is 18.7. The minimum absolute atomic E-state index is 0. The highest BCUT2D eigenvalue weighted by atomic mass is 127. The molecule has 0 aliphatic carbocycles. The molecule has 0 aromatic heterocycles. The van der Waals surface area contributed by atoms with Crippen molar-refractivity contribution in [3.63, 3.8) is 0 Å². The van der Waals surface area contributed by atoms with Crippen molar-refractivity contribution < 1.29 is 4.79 Å². The van der Waals surface area contributed by atoms with E-state index in [9.17, 15) is 4.79 Å². The second kappa shape index (κ2) is 13.8. The summed E-state index contributed by atoms with van der Waals surface area (Å²) in [4.78, 5) is 16.3. The van der Waals surface area contributed by atoms with Gasteiger partial charge in [-0.15, -0.1) is 24.0 Å². The average Bonchev–Trinajstić information content (AvgIpc) is 2.65. The van der Waals surface area contributed by atoms with Crippen molar-refractivity contribution >= 4 is 35.8 Å². The predicted octanol–water partition coefficient (Wildman–Crippen LogP) is 3.93. The summed E-state index contributed by atoms with van der Waals surface area (Å²) in [6, 6.07) is 7.89. The summed E-state index contributed by atoms with van der Waals surface area (Å²) in [5.74, 6) is 1.46. The maximum absolute atomic E-state index is 12.1. The SMILES string of the molecule is CCC(CC)CNC(=NC)NCc1ccc(C(=O)NC(C)CC)cc1.I. The number of nitrogens with one attached hydrogen (secondary N) is 3. The standard InChI is InChI=1S/C20H34N4O.HI/c1-6-15(4)24-19(25)18-11-9-17(10-12-18)14-23-20(21-5)22-13-16(7-2)8-3;/h9-12,15-16H,6-8,13-14H2,1-5H3,(H,24,25)(H2,21,22,23);1H. The van der Waals surface area contributed by atoms with Gasteiger partial charge in [-0.1, -0.05) is 45.7 Å². The lowest BCUT2D eigenvalue weighted by molar-refractivity contribution is 0.0939. The van der Waals surface area contributed by atoms with Crippen LogP contribution in [0.5, 0.6) is 0 Å². The van der Waals surface area contributed by atoms with E-state index in [0.29, 0.717) is 18.0 Å². The summed E-state index contributed by atoms with van der Waals surface area (Å²) < 4.78 is 0. The van der Waals surface area contributed by atoms with Crippen molar-refractivity contribution in [2.75, 3.05) is 13.6 Å². The first-order valence-electron chi connectivity index (χ1n) is 9.38. The monoisotopic (exact) mass is 474 g/mol. The van der Waals surface area contributed by atoms with Crippen molar-refractivity contribution in [1.82, 2.24) is 16.0 Å². The predicted molar refractivity (Wildman–Crippen MR) is 121 cm³/mol. The minimum atomic E-state index is -0.0171. The van der Waals surface area contributed by atoms with Gasteiger partial charge in [0.05, 0.1) is 0 Å². The van der Waals surface area contributed by atoms with Crippen LogP contribution in [0.15, 0.2) is 29.3 Å². The van der Waals surface area contributed by atoms with Gasteiger partial charge in [-0.25, -0.2) is 0 Å². The van der Waals surface area contributed by atoms with E-state index < -0.39 is 0 Å². The molecule has 1 rings (SSSR count). The largest absolute Gasteiger partial charge is 0.356 e. The van der Waals surface area contributed by atoms with Crippen LogP contribution in [0.2, 0.25) is 0 Å². The first-order valence-corrected chi connectivity index (χ1v) is 9.38. The molecular formula is C20H35IN4O. The second-order valence-corrected chi connectivity index (χ2v) is 6.47. The number of guanidine groups is 1. The van der Waals surface area contributed by atoms with E-state index in [1.165, 1.54) is 12.8 Å². The second-order valence-electron chi connectivity index (χ2n) is 6.47. The number of carbonyl (C=O) groups excluding carboxylic acids is 1. The van der Waals surface area contributed by atoms with Gasteiger partial charge in [0.15, 0.2) is 5.96 Å². The van der Waals surface area contributed by atoms with E-state index in [0.717, 1.165) is 24.5 Å². The number of hydrogen-bond acceptors (Lipinski definition) is 2. The highest BCUT2D eigenvalue weighted by molar-refractivity contribution is 14.0. The van der Waals surface area contributed by atoms with Gasteiger partial charge in [0, 0.05) is 31.7 Å². The molecule has 0 fully saturated rings. The zero-order valence-corrected chi connectivity index (χ0v) is 19.1. The van der Waals surface area contributed by atoms with E-state index in [1.54, 1.807) is 7.05 Å². The summed E-state index contributed by atoms with van der Waals surface area (Å²) in [5.41, 5.74) is 1.81. The van der Waals surface area contributed by atoms with Crippen LogP contribution >= 0.6 is 24.0 Å². The fraction of sp³-hybridized carbons (Fsp3) is 0.600. The maximum Gasteiger partial charge on any atom is 0.251 e. The number of amides is 1. The highest BCUT2D eigenvalue weighted by Crippen LogP contribution is 2.06. The smallest absolute Gasteiger partial charge is 0.251 e. The lowest BCUT2D eigenvalue weighted by atomic mass is 10.0. The molecule has 0 spiro atoms. The van der Waals surface area contributed by atoms with Crippen molar-refractivity contribution in [2.45, 2.75) is 59.5 Å². The Morgan fingerprint density at radius 1 is 1.04 bits per heavy atom. The summed E-state index contributed by atoms with van der Waals surface area (Å²) in [6.45, 7) is 10.1. The average molecular weight is 474 g/mol. The van der Waals surface area contributed by atoms with Crippen molar-refractivity contribution in [3.05, 3.63) is 35.4 Å². The van der Waals surface area contributed by atoms with Gasteiger partial charge in [0.1, 0.15) is 0 Å². The Morgan fingerprint density at radius 3 is 2.15 bits per heavy atom. The number of carbonyl (C=O) groups is 1. The van der Waals surface area contributed by atoms with Crippen LogP contribution in [0.3, 0.4) is 0 Å². The minimum Gasteiger partial charge on any atom is -0.356 e. The first-order chi connectivity index (χ1) is 12.0. The Labute approximate surface area is 175 Å². The Morgan fingerprint density at radius 2 is 1.65 bits per heavy atom. The number of aliphatic imine (C=N–C) groups is 1. The molecule has 3 N–H and O–H groups in total. The highest BCUT2D eigenvalue weighted by Gasteiger charge is 2.08. The van der Waals surface area contributed by atoms with Crippen LogP contribution in [0.25, 0.3) is 0 Å². The van der Waals surface area contributed by atoms with Gasteiger partial charge in [-0.3, -0.25) is 9.79 Å². The Hall–Kier alpha value is -1.31. The number of hydrogen-bond donors (Lipinski definition) is 3. The van der Waals surface area contributed by atoms with Crippen LogP contribution in [-0.2, 0) is 6.54 Å². The molecule has 5 nitrogen and oxygen atoms in total. The van der Waals surface area contributed by atoms with Gasteiger partial charge in [0.2, 0.25) is 0 Å². The molecule has 1 aromatic carbocycles. The van der Waals surface area contributed by atoms with E-state index >= 15 is 0 Å². The summed E-state index contributed by atoms with van der Waals surface area (Å²) >= 11 is 0. The van der Waals surface area contributed by atoms with Crippen LogP contribution in [0, 0.1) is 5.92 Å². The van der Waals surface area contributed by atoms with E-state index in [4.69, 9.17) is 0 Å². The topological polar surface area (TPSA) is 65.5 Å². The Kier molecular flexibility index (Phi) is 13.1. The van der Waals surface area contributed by atoms with Crippen LogP contribution < -0.4 is 16.0 Å². The van der Waals surface area contributed by atoms with Crippen LogP contribution in [0.4, 0.5) is 0 Å². The molecule has 0 saturated heterocycles. The molecular weight excluding hydrogens is 439 g/mol. The number of nitrogens with zero attached hydrogens (tertiary/aromatic N) is 1. The summed E-state index contributed by atoms with van der Waals surface area (Å²) in [5, 5.41) is 9.67. The molecule has 148 valence electrons. The molecule has 0 heterocycles. The first kappa shape index (κ1) is 24.7. The van der Waals surface area contributed by atoms with Crippen LogP contribution in [0.1, 0.15) is 62.9 Å². The fourth-order valence-corrected chi connectivity index (χ4v) is 2.41. The lowest BCUT2D eigenvalue weighted by Gasteiger charge is -2.17. The molecule has 6 heteroatoms. The van der Waals surface area contributed by atoms with E-state index in [1.807, 2.05) is 31.2 Å². The summed E-state index contributed by atoms with van der Waals surface area (Å²) in [6.07, 6.45) is 3.26. The molecule has 0 aliphatic heterocycles. The molecule has 0 saturated carbocycles. The molecule has 0 radical (unpaired) electrons.